The summed E-state index contributed by atoms with van der Waals surface area (Å²) in [5.74, 6) is -1.06. The van der Waals surface area contributed by atoms with Crippen molar-refractivity contribution in [2.45, 2.75) is 59.7 Å². The second-order valence-electron chi connectivity index (χ2n) is 10.9. The molecule has 0 fully saturated rings. The van der Waals surface area contributed by atoms with E-state index in [-0.39, 0.29) is 36.3 Å². The molecule has 0 bridgehead atoms. The van der Waals surface area contributed by atoms with Crippen LogP contribution >= 0.6 is 0 Å². The Labute approximate surface area is 261 Å². The number of anilines is 1. The van der Waals surface area contributed by atoms with Crippen LogP contribution in [0.15, 0.2) is 60.7 Å². The van der Waals surface area contributed by atoms with Crippen LogP contribution < -0.4 is 10.6 Å². The highest BCUT2D eigenvalue weighted by atomic mass is 19.1. The van der Waals surface area contributed by atoms with Crippen molar-refractivity contribution in [1.29, 1.82) is 5.41 Å². The van der Waals surface area contributed by atoms with Crippen LogP contribution in [-0.2, 0) is 29.0 Å². The Morgan fingerprint density at radius 1 is 0.911 bits per heavy atom. The topological polar surface area (TPSA) is 141 Å². The lowest BCUT2D eigenvalue weighted by atomic mass is 10.2. The molecule has 240 valence electrons. The van der Waals surface area contributed by atoms with E-state index in [0.29, 0.717) is 23.4 Å². The first kappa shape index (κ1) is 34.4. The molecular formula is C32H39F2N7O4. The zero-order chi connectivity index (χ0) is 33.3. The van der Waals surface area contributed by atoms with Crippen LogP contribution in [0.4, 0.5) is 19.4 Å². The number of halogens is 2. The van der Waals surface area contributed by atoms with Gasteiger partial charge < -0.3 is 15.2 Å². The molecule has 0 aliphatic heterocycles. The highest BCUT2D eigenvalue weighted by Crippen LogP contribution is 2.21. The van der Waals surface area contributed by atoms with Crippen LogP contribution in [0, 0.1) is 17.0 Å². The minimum absolute atomic E-state index is 0.0265. The van der Waals surface area contributed by atoms with Crippen LogP contribution in [0.3, 0.4) is 0 Å². The summed E-state index contributed by atoms with van der Waals surface area (Å²) in [5, 5.41) is 15.8. The summed E-state index contributed by atoms with van der Waals surface area (Å²) < 4.78 is 41.0. The number of amides is 1. The molecule has 0 saturated carbocycles. The van der Waals surface area contributed by atoms with Crippen molar-refractivity contribution in [3.63, 3.8) is 0 Å². The summed E-state index contributed by atoms with van der Waals surface area (Å²) in [7, 11) is 1.50. The zero-order valence-electron chi connectivity index (χ0n) is 26.3. The normalized spacial score (nSPS) is 10.9. The molecule has 4 aromatic rings. The van der Waals surface area contributed by atoms with E-state index in [0.717, 1.165) is 12.1 Å². The van der Waals surface area contributed by atoms with Crippen LogP contribution in [0.2, 0.25) is 0 Å². The van der Waals surface area contributed by atoms with E-state index in [1.165, 1.54) is 34.8 Å². The Bertz CT molecular complexity index is 1640. The zero-order valence-corrected chi connectivity index (χ0v) is 26.3. The highest BCUT2D eigenvalue weighted by molar-refractivity contribution is 5.93. The van der Waals surface area contributed by atoms with Crippen molar-refractivity contribution in [3.05, 3.63) is 101 Å². The van der Waals surface area contributed by atoms with Crippen molar-refractivity contribution < 1.29 is 27.8 Å². The van der Waals surface area contributed by atoms with Gasteiger partial charge in [0.15, 0.2) is 5.69 Å². The second kappa shape index (κ2) is 15.1. The predicted octanol–water partition coefficient (Wildman–Crippen LogP) is 5.54. The maximum Gasteiger partial charge on any atom is 0.415 e. The summed E-state index contributed by atoms with van der Waals surface area (Å²) in [6, 6.07) is 16.0. The lowest BCUT2D eigenvalue weighted by Crippen LogP contribution is -2.35. The summed E-state index contributed by atoms with van der Waals surface area (Å²) in [4.78, 5) is 25.7. The van der Waals surface area contributed by atoms with Gasteiger partial charge in [-0.2, -0.15) is 10.2 Å². The molecule has 2 aromatic heterocycles. The molecule has 0 unspecified atom stereocenters. The van der Waals surface area contributed by atoms with Crippen molar-refractivity contribution in [2.24, 2.45) is 5.73 Å². The number of carbonyl (C=O) groups excluding carboxylic acids is 2. The van der Waals surface area contributed by atoms with E-state index in [9.17, 15) is 18.4 Å². The van der Waals surface area contributed by atoms with Gasteiger partial charge in [-0.05, 0) is 52.3 Å². The van der Waals surface area contributed by atoms with Gasteiger partial charge in [-0.1, -0.05) is 43.3 Å². The standard InChI is InChI=1S/C19H24FN3O4.C13H15FN4/c1-6-26-17(24)15-11-16(22(5)18(25)27-19(2,3)4)23(21-15)12-13-9-7-8-10-14(13)20;1-2-10-7-12(13(15)16)17-18(10)8-9-5-3-4-6-11(9)14/h7-11H,6,12H2,1-5H3;3-7H,2,8H2,1H3,(H3,15,16). The number of nitrogen functional groups attached to an aromatic ring is 1. The van der Waals surface area contributed by atoms with E-state index >= 15 is 0 Å². The number of nitrogens with zero attached hydrogens (tertiary/aromatic N) is 5. The number of rotatable bonds is 9. The number of benzene rings is 2. The molecule has 0 aliphatic rings. The number of amidine groups is 1. The third kappa shape index (κ3) is 9.46. The smallest absolute Gasteiger partial charge is 0.415 e. The number of aryl methyl sites for hydroxylation is 1. The molecule has 45 heavy (non-hydrogen) atoms. The number of nitrogens with two attached hydrogens (primary N) is 1. The summed E-state index contributed by atoms with van der Waals surface area (Å²) in [6.07, 6.45) is 0.141. The molecule has 13 heteroatoms. The first-order valence-corrected chi connectivity index (χ1v) is 14.3. The van der Waals surface area contributed by atoms with Crippen LogP contribution in [0.1, 0.15) is 67.6 Å². The third-order valence-corrected chi connectivity index (χ3v) is 6.31. The number of ether oxygens (including phenoxy) is 2. The van der Waals surface area contributed by atoms with Crippen molar-refractivity contribution in [3.8, 4) is 0 Å². The van der Waals surface area contributed by atoms with Crippen molar-refractivity contribution in [1.82, 2.24) is 19.6 Å². The molecule has 1 amide bonds. The molecule has 0 radical (unpaired) electrons. The molecule has 0 aliphatic carbocycles. The maximum atomic E-state index is 14.0. The first-order valence-electron chi connectivity index (χ1n) is 14.3. The Kier molecular flexibility index (Phi) is 11.5. The Hall–Kier alpha value is -5.07. The van der Waals surface area contributed by atoms with Gasteiger partial charge in [-0.15, -0.1) is 0 Å². The quantitative estimate of drug-likeness (QED) is 0.142. The Balaban J connectivity index is 0.000000265. The fourth-order valence-corrected chi connectivity index (χ4v) is 4.11. The molecule has 11 nitrogen and oxygen atoms in total. The van der Waals surface area contributed by atoms with Crippen LogP contribution in [0.25, 0.3) is 0 Å². The van der Waals surface area contributed by atoms with Crippen molar-refractivity contribution in [2.75, 3.05) is 18.6 Å². The minimum atomic E-state index is -0.689. The number of nitrogens with one attached hydrogen (secondary N) is 1. The second-order valence-corrected chi connectivity index (χ2v) is 10.9. The van der Waals surface area contributed by atoms with Gasteiger partial charge in [-0.3, -0.25) is 15.0 Å². The Morgan fingerprint density at radius 3 is 1.93 bits per heavy atom. The molecule has 0 saturated heterocycles. The average Bonchev–Trinajstić information content (AvgIpc) is 3.59. The van der Waals surface area contributed by atoms with E-state index in [1.54, 1.807) is 74.8 Å². The SMILES string of the molecule is CCOC(=O)c1cc(N(C)C(=O)OC(C)(C)C)n(Cc2ccccc2F)n1.CCc1cc(C(=N)N)nn1Cc1ccccc1F. The number of hydrogen-bond acceptors (Lipinski definition) is 7. The number of esters is 1. The lowest BCUT2D eigenvalue weighted by molar-refractivity contribution is 0.0517. The van der Waals surface area contributed by atoms with Crippen LogP contribution in [-0.4, -0.2) is 56.7 Å². The minimum Gasteiger partial charge on any atom is -0.461 e. The van der Waals surface area contributed by atoms with E-state index in [1.807, 2.05) is 6.92 Å². The summed E-state index contributed by atoms with van der Waals surface area (Å²) in [6.45, 7) is 9.49. The van der Waals surface area contributed by atoms with Gasteiger partial charge in [0.25, 0.3) is 0 Å². The first-order chi connectivity index (χ1) is 21.2. The molecule has 0 atom stereocenters. The van der Waals surface area contributed by atoms with Gasteiger partial charge in [0.1, 0.15) is 34.6 Å². The monoisotopic (exact) mass is 623 g/mol. The van der Waals surface area contributed by atoms with Crippen LogP contribution in [0.5, 0.6) is 0 Å². The molecule has 4 rings (SSSR count). The van der Waals surface area contributed by atoms with Gasteiger partial charge in [0, 0.05) is 29.9 Å². The Morgan fingerprint density at radius 2 is 1.44 bits per heavy atom. The summed E-state index contributed by atoms with van der Waals surface area (Å²) >= 11 is 0. The van der Waals surface area contributed by atoms with E-state index < -0.39 is 23.5 Å². The van der Waals surface area contributed by atoms with Gasteiger partial charge in [-0.25, -0.2) is 23.1 Å². The van der Waals surface area contributed by atoms with Gasteiger partial charge in [0.05, 0.1) is 19.7 Å². The van der Waals surface area contributed by atoms with Crippen molar-refractivity contribution >= 4 is 23.7 Å². The molecule has 3 N–H and O–H groups in total. The number of carbonyl (C=O) groups is 2. The molecule has 0 spiro atoms. The average molecular weight is 624 g/mol. The number of hydrogen-bond donors (Lipinski definition) is 2. The van der Waals surface area contributed by atoms with E-state index in [4.69, 9.17) is 20.6 Å². The lowest BCUT2D eigenvalue weighted by Gasteiger charge is -2.24. The summed E-state index contributed by atoms with van der Waals surface area (Å²) in [5.41, 5.74) is 7.06. The largest absolute Gasteiger partial charge is 0.461 e. The van der Waals surface area contributed by atoms with Gasteiger partial charge in [0.2, 0.25) is 0 Å². The molecule has 2 aromatic carbocycles. The molecule has 2 heterocycles. The fraction of sp³-hybridized carbons (Fsp3) is 0.344. The van der Waals surface area contributed by atoms with Gasteiger partial charge >= 0.3 is 12.1 Å². The van der Waals surface area contributed by atoms with E-state index in [2.05, 4.69) is 10.2 Å². The number of aromatic nitrogens is 4. The maximum absolute atomic E-state index is 14.0. The molecular weight excluding hydrogens is 584 g/mol. The fourth-order valence-electron chi connectivity index (χ4n) is 4.11. The third-order valence-electron chi connectivity index (χ3n) is 6.31. The predicted molar refractivity (Wildman–Crippen MR) is 166 cm³/mol. The highest BCUT2D eigenvalue weighted by Gasteiger charge is 2.26.